The van der Waals surface area contributed by atoms with Gasteiger partial charge in [-0.15, -0.1) is 0 Å². The second-order valence-corrected chi connectivity index (χ2v) is 9.03. The Morgan fingerprint density at radius 3 is 2.74 bits per heavy atom. The molecule has 8 heteroatoms. The molecule has 1 unspecified atom stereocenters. The molecule has 1 N–H and O–H groups in total. The molecule has 1 aliphatic rings. The number of benzene rings is 2. The summed E-state index contributed by atoms with van der Waals surface area (Å²) in [4.78, 5) is 12.6. The highest BCUT2D eigenvalue weighted by Gasteiger charge is 2.37. The van der Waals surface area contributed by atoms with Gasteiger partial charge in [-0.05, 0) is 49.2 Å². The largest absolute Gasteiger partial charge is 0.476 e. The number of hydrogen-bond donors (Lipinski definition) is 1. The lowest BCUT2D eigenvalue weighted by Crippen LogP contribution is -2.50. The quantitative estimate of drug-likeness (QED) is 0.755. The zero-order valence-corrected chi connectivity index (χ0v) is 17.5. The van der Waals surface area contributed by atoms with Gasteiger partial charge in [0.25, 0.3) is 15.9 Å². The topological polar surface area (TPSA) is 75.7 Å². The molecule has 3 rings (SSSR count). The fraction of sp³-hybridized carbons (Fsp3) is 0.316. The minimum Gasteiger partial charge on any atom is -0.476 e. The van der Waals surface area contributed by atoms with Crippen molar-refractivity contribution in [3.63, 3.8) is 0 Å². The van der Waals surface area contributed by atoms with Crippen LogP contribution in [0.2, 0.25) is 0 Å². The van der Waals surface area contributed by atoms with Crippen molar-refractivity contribution in [3.8, 4) is 5.75 Å². The van der Waals surface area contributed by atoms with Gasteiger partial charge in [0.2, 0.25) is 0 Å². The summed E-state index contributed by atoms with van der Waals surface area (Å²) in [6.07, 6.45) is -0.118. The standard InChI is InChI=1S/C19H21BrN2O4S/c1-3-10-21-19(23)18-12-22(16-6-4-5-7-17(16)26-18)27(24,25)14-8-9-15(20)13(2)11-14/h4-9,11,18H,3,10,12H2,1-2H3,(H,21,23). The highest BCUT2D eigenvalue weighted by molar-refractivity contribution is 9.10. The summed E-state index contributed by atoms with van der Waals surface area (Å²) in [5, 5.41) is 2.77. The Labute approximate surface area is 167 Å². The first-order valence-electron chi connectivity index (χ1n) is 8.67. The summed E-state index contributed by atoms with van der Waals surface area (Å²) in [5.74, 6) is 0.0522. The van der Waals surface area contributed by atoms with E-state index in [9.17, 15) is 13.2 Å². The van der Waals surface area contributed by atoms with E-state index in [4.69, 9.17) is 4.74 Å². The predicted octanol–water partition coefficient (Wildman–Crippen LogP) is 3.24. The van der Waals surface area contributed by atoms with Crippen molar-refractivity contribution >= 4 is 37.5 Å². The van der Waals surface area contributed by atoms with Crippen LogP contribution in [-0.2, 0) is 14.8 Å². The van der Waals surface area contributed by atoms with Gasteiger partial charge in [0.15, 0.2) is 6.10 Å². The highest BCUT2D eigenvalue weighted by atomic mass is 79.9. The Bertz CT molecular complexity index is 962. The van der Waals surface area contributed by atoms with Crippen LogP contribution in [0, 0.1) is 6.92 Å². The van der Waals surface area contributed by atoms with Crippen molar-refractivity contribution in [1.29, 1.82) is 0 Å². The molecule has 0 bridgehead atoms. The molecule has 2 aromatic carbocycles. The van der Waals surface area contributed by atoms with Crippen LogP contribution >= 0.6 is 15.9 Å². The number of carbonyl (C=O) groups is 1. The molecule has 1 amide bonds. The number of anilines is 1. The molecule has 1 aliphatic heterocycles. The summed E-state index contributed by atoms with van der Waals surface area (Å²) in [5.41, 5.74) is 1.24. The first-order chi connectivity index (χ1) is 12.8. The van der Waals surface area contributed by atoms with E-state index in [-0.39, 0.29) is 17.3 Å². The molecule has 144 valence electrons. The van der Waals surface area contributed by atoms with E-state index < -0.39 is 16.1 Å². The number of hydrogen-bond acceptors (Lipinski definition) is 4. The van der Waals surface area contributed by atoms with Gasteiger partial charge in [0.05, 0.1) is 17.1 Å². The van der Waals surface area contributed by atoms with Gasteiger partial charge in [-0.3, -0.25) is 9.10 Å². The molecule has 0 saturated carbocycles. The minimum atomic E-state index is -3.85. The summed E-state index contributed by atoms with van der Waals surface area (Å²) >= 11 is 3.39. The smallest absolute Gasteiger partial charge is 0.264 e. The Hall–Kier alpha value is -2.06. The second kappa shape index (κ2) is 7.90. The number of nitrogens with zero attached hydrogens (tertiary/aromatic N) is 1. The molecule has 0 aromatic heterocycles. The van der Waals surface area contributed by atoms with Crippen LogP contribution < -0.4 is 14.4 Å². The van der Waals surface area contributed by atoms with Gasteiger partial charge in [-0.25, -0.2) is 8.42 Å². The maximum atomic E-state index is 13.3. The van der Waals surface area contributed by atoms with Gasteiger partial charge in [0.1, 0.15) is 5.75 Å². The van der Waals surface area contributed by atoms with E-state index in [2.05, 4.69) is 21.2 Å². The van der Waals surface area contributed by atoms with Gasteiger partial charge in [0, 0.05) is 11.0 Å². The summed E-state index contributed by atoms with van der Waals surface area (Å²) < 4.78 is 34.5. The molecule has 6 nitrogen and oxygen atoms in total. The van der Waals surface area contributed by atoms with Crippen molar-refractivity contribution in [2.24, 2.45) is 0 Å². The normalized spacial score (nSPS) is 16.4. The van der Waals surface area contributed by atoms with Gasteiger partial charge in [-0.1, -0.05) is 35.0 Å². The fourth-order valence-corrected chi connectivity index (χ4v) is 4.64. The van der Waals surface area contributed by atoms with E-state index in [0.717, 1.165) is 16.5 Å². The van der Waals surface area contributed by atoms with E-state index in [0.29, 0.717) is 18.0 Å². The summed E-state index contributed by atoms with van der Waals surface area (Å²) in [7, 11) is -3.85. The lowest BCUT2D eigenvalue weighted by molar-refractivity contribution is -0.127. The van der Waals surface area contributed by atoms with Crippen LogP contribution in [0.25, 0.3) is 0 Å². The summed E-state index contributed by atoms with van der Waals surface area (Å²) in [6, 6.07) is 11.7. The number of sulfonamides is 1. The maximum absolute atomic E-state index is 13.3. The average Bonchev–Trinajstić information content (AvgIpc) is 2.67. The number of rotatable bonds is 5. The first kappa shape index (κ1) is 19.7. The third-order valence-electron chi connectivity index (χ3n) is 4.29. The zero-order valence-electron chi connectivity index (χ0n) is 15.1. The molecular formula is C19H21BrN2O4S. The van der Waals surface area contributed by atoms with Crippen molar-refractivity contribution in [2.45, 2.75) is 31.3 Å². The van der Waals surface area contributed by atoms with E-state index in [1.807, 2.05) is 13.8 Å². The molecular weight excluding hydrogens is 432 g/mol. The Kier molecular flexibility index (Phi) is 5.76. The molecule has 0 aliphatic carbocycles. The van der Waals surface area contributed by atoms with Crippen LogP contribution in [0.15, 0.2) is 51.8 Å². The van der Waals surface area contributed by atoms with Crippen LogP contribution in [0.5, 0.6) is 5.75 Å². The number of amides is 1. The molecule has 27 heavy (non-hydrogen) atoms. The fourth-order valence-electron chi connectivity index (χ4n) is 2.83. The second-order valence-electron chi connectivity index (χ2n) is 6.31. The summed E-state index contributed by atoms with van der Waals surface area (Å²) in [6.45, 7) is 4.21. The van der Waals surface area contributed by atoms with E-state index in [1.165, 1.54) is 4.31 Å². The number of aryl methyl sites for hydroxylation is 1. The Balaban J connectivity index is 2.01. The number of nitrogens with one attached hydrogen (secondary N) is 1. The maximum Gasteiger partial charge on any atom is 0.264 e. The minimum absolute atomic E-state index is 0.0794. The molecule has 0 fully saturated rings. The molecule has 2 aromatic rings. The monoisotopic (exact) mass is 452 g/mol. The van der Waals surface area contributed by atoms with Gasteiger partial charge in [-0.2, -0.15) is 0 Å². The van der Waals surface area contributed by atoms with Crippen LogP contribution in [-0.4, -0.2) is 33.5 Å². The molecule has 0 spiro atoms. The zero-order chi connectivity index (χ0) is 19.6. The van der Waals surface area contributed by atoms with Crippen molar-refractivity contribution < 1.29 is 17.9 Å². The first-order valence-corrected chi connectivity index (χ1v) is 10.9. The van der Waals surface area contributed by atoms with Crippen LogP contribution in [0.3, 0.4) is 0 Å². The third kappa shape index (κ3) is 3.96. The van der Waals surface area contributed by atoms with Crippen LogP contribution in [0.1, 0.15) is 18.9 Å². The van der Waals surface area contributed by atoms with Crippen molar-refractivity contribution in [1.82, 2.24) is 5.32 Å². The average molecular weight is 453 g/mol. The number of fused-ring (bicyclic) bond motifs is 1. The van der Waals surface area contributed by atoms with E-state index >= 15 is 0 Å². The molecule has 0 saturated heterocycles. The highest BCUT2D eigenvalue weighted by Crippen LogP contribution is 2.37. The van der Waals surface area contributed by atoms with Crippen molar-refractivity contribution in [3.05, 3.63) is 52.5 Å². The molecule has 1 heterocycles. The Morgan fingerprint density at radius 2 is 2.04 bits per heavy atom. The van der Waals surface area contributed by atoms with Gasteiger partial charge >= 0.3 is 0 Å². The Morgan fingerprint density at radius 1 is 1.30 bits per heavy atom. The lowest BCUT2D eigenvalue weighted by Gasteiger charge is -2.34. The van der Waals surface area contributed by atoms with Gasteiger partial charge < -0.3 is 10.1 Å². The predicted molar refractivity (Wildman–Crippen MR) is 108 cm³/mol. The van der Waals surface area contributed by atoms with Crippen LogP contribution in [0.4, 0.5) is 5.69 Å². The van der Waals surface area contributed by atoms with Crippen molar-refractivity contribution in [2.75, 3.05) is 17.4 Å². The number of ether oxygens (including phenoxy) is 1. The molecule has 0 radical (unpaired) electrons. The number of para-hydroxylation sites is 2. The van der Waals surface area contributed by atoms with E-state index in [1.54, 1.807) is 42.5 Å². The lowest BCUT2D eigenvalue weighted by atomic mass is 10.2. The SMILES string of the molecule is CCCNC(=O)C1CN(S(=O)(=O)c2ccc(Br)c(C)c2)c2ccccc2O1. The molecule has 1 atom stereocenters. The number of halogens is 1. The third-order valence-corrected chi connectivity index (χ3v) is 6.96. The number of carbonyl (C=O) groups excluding carboxylic acids is 1.